The zero-order valence-corrected chi connectivity index (χ0v) is 18.6. The Hall–Kier alpha value is -2.85. The van der Waals surface area contributed by atoms with Gasteiger partial charge in [-0.1, -0.05) is 6.07 Å². The molecule has 168 valence electrons. The summed E-state index contributed by atoms with van der Waals surface area (Å²) >= 11 is 0. The van der Waals surface area contributed by atoms with Crippen LogP contribution in [0.5, 0.6) is 0 Å². The van der Waals surface area contributed by atoms with Crippen molar-refractivity contribution >= 4 is 33.2 Å². The van der Waals surface area contributed by atoms with Gasteiger partial charge < -0.3 is 20.2 Å². The van der Waals surface area contributed by atoms with E-state index in [1.807, 2.05) is 0 Å². The molecule has 31 heavy (non-hydrogen) atoms. The molecule has 9 nitrogen and oxygen atoms in total. The molecule has 0 bridgehead atoms. The quantitative estimate of drug-likeness (QED) is 0.577. The SMILES string of the molecule is Cc1cc([C@@H](O)CCNC(=O)C(=O)Nc2ccc3c(c2)N(S(C)(=O)=O)CCC3)c(C)o1. The zero-order valence-electron chi connectivity index (χ0n) is 17.8. The number of nitrogens with zero attached hydrogens (tertiary/aromatic N) is 1. The molecule has 0 saturated carbocycles. The minimum Gasteiger partial charge on any atom is -0.466 e. The van der Waals surface area contributed by atoms with Crippen molar-refractivity contribution < 1.29 is 27.5 Å². The van der Waals surface area contributed by atoms with Gasteiger partial charge in [0.2, 0.25) is 10.0 Å². The van der Waals surface area contributed by atoms with E-state index in [1.165, 1.54) is 4.31 Å². The Morgan fingerprint density at radius 3 is 2.61 bits per heavy atom. The van der Waals surface area contributed by atoms with E-state index in [9.17, 15) is 23.1 Å². The summed E-state index contributed by atoms with van der Waals surface area (Å²) in [6, 6.07) is 6.70. The Morgan fingerprint density at radius 1 is 1.23 bits per heavy atom. The number of aliphatic hydroxyl groups excluding tert-OH is 1. The van der Waals surface area contributed by atoms with E-state index in [1.54, 1.807) is 38.1 Å². The fraction of sp³-hybridized carbons (Fsp3) is 0.429. The second-order valence-electron chi connectivity index (χ2n) is 7.67. The molecule has 1 aromatic heterocycles. The number of rotatable bonds is 6. The summed E-state index contributed by atoms with van der Waals surface area (Å²) in [6.45, 7) is 4.01. The first-order chi connectivity index (χ1) is 14.6. The van der Waals surface area contributed by atoms with Crippen LogP contribution in [0.15, 0.2) is 28.7 Å². The molecule has 0 aliphatic carbocycles. The molecule has 2 heterocycles. The monoisotopic (exact) mass is 449 g/mol. The lowest BCUT2D eigenvalue weighted by Gasteiger charge is -2.29. The van der Waals surface area contributed by atoms with Crippen LogP contribution in [-0.2, 0) is 26.0 Å². The molecule has 2 amide bonds. The van der Waals surface area contributed by atoms with E-state index >= 15 is 0 Å². The fourth-order valence-electron chi connectivity index (χ4n) is 3.69. The maximum Gasteiger partial charge on any atom is 0.313 e. The van der Waals surface area contributed by atoms with Crippen molar-refractivity contribution in [3.8, 4) is 0 Å². The summed E-state index contributed by atoms with van der Waals surface area (Å²) in [6.07, 6.45) is 2.01. The summed E-state index contributed by atoms with van der Waals surface area (Å²) in [5.74, 6) is -0.407. The number of amides is 2. The van der Waals surface area contributed by atoms with Crippen molar-refractivity contribution in [1.82, 2.24) is 5.32 Å². The second kappa shape index (κ2) is 9.11. The Balaban J connectivity index is 1.57. The number of carbonyl (C=O) groups is 2. The molecule has 3 N–H and O–H groups in total. The minimum absolute atomic E-state index is 0.100. The average molecular weight is 450 g/mol. The Labute approximate surface area is 181 Å². The summed E-state index contributed by atoms with van der Waals surface area (Å²) in [5, 5.41) is 15.2. The van der Waals surface area contributed by atoms with Crippen molar-refractivity contribution in [3.05, 3.63) is 46.9 Å². The van der Waals surface area contributed by atoms with Gasteiger partial charge in [0, 0.05) is 24.3 Å². The van der Waals surface area contributed by atoms with Gasteiger partial charge in [-0.3, -0.25) is 13.9 Å². The van der Waals surface area contributed by atoms with Crippen LogP contribution in [0.4, 0.5) is 11.4 Å². The lowest BCUT2D eigenvalue weighted by molar-refractivity contribution is -0.136. The van der Waals surface area contributed by atoms with Crippen molar-refractivity contribution in [3.63, 3.8) is 0 Å². The molecular weight excluding hydrogens is 422 g/mol. The summed E-state index contributed by atoms with van der Waals surface area (Å²) < 4.78 is 30.8. The third kappa shape index (κ3) is 5.45. The molecule has 2 aromatic rings. The second-order valence-corrected chi connectivity index (χ2v) is 9.57. The van der Waals surface area contributed by atoms with Crippen LogP contribution in [0.2, 0.25) is 0 Å². The van der Waals surface area contributed by atoms with Gasteiger partial charge in [0.25, 0.3) is 0 Å². The summed E-state index contributed by atoms with van der Waals surface area (Å²) in [7, 11) is -3.43. The molecule has 0 unspecified atom stereocenters. The minimum atomic E-state index is -3.43. The number of aryl methyl sites for hydroxylation is 3. The van der Waals surface area contributed by atoms with Crippen LogP contribution in [0, 0.1) is 13.8 Å². The first-order valence-corrected chi connectivity index (χ1v) is 11.9. The third-order valence-electron chi connectivity index (χ3n) is 5.17. The smallest absolute Gasteiger partial charge is 0.313 e. The van der Waals surface area contributed by atoms with Gasteiger partial charge in [-0.15, -0.1) is 0 Å². The molecule has 10 heteroatoms. The molecule has 1 aliphatic rings. The van der Waals surface area contributed by atoms with Gasteiger partial charge in [0.1, 0.15) is 11.5 Å². The van der Waals surface area contributed by atoms with Crippen LogP contribution in [-0.4, -0.2) is 44.7 Å². The normalized spacial score (nSPS) is 14.6. The summed E-state index contributed by atoms with van der Waals surface area (Å²) in [5.41, 5.74) is 2.37. The van der Waals surface area contributed by atoms with E-state index in [2.05, 4.69) is 10.6 Å². The molecule has 0 radical (unpaired) electrons. The third-order valence-corrected chi connectivity index (χ3v) is 6.35. The predicted octanol–water partition coefficient (Wildman–Crippen LogP) is 1.79. The van der Waals surface area contributed by atoms with Crippen molar-refractivity contribution in [1.29, 1.82) is 0 Å². The fourth-order valence-corrected chi connectivity index (χ4v) is 4.68. The number of anilines is 2. The molecule has 1 aliphatic heterocycles. The first kappa shape index (κ1) is 22.8. The number of hydrogen-bond donors (Lipinski definition) is 3. The number of carbonyl (C=O) groups excluding carboxylic acids is 2. The van der Waals surface area contributed by atoms with Crippen LogP contribution >= 0.6 is 0 Å². The van der Waals surface area contributed by atoms with Crippen LogP contribution < -0.4 is 14.9 Å². The maximum absolute atomic E-state index is 12.2. The van der Waals surface area contributed by atoms with Crippen molar-refractivity contribution in [2.24, 2.45) is 0 Å². The number of nitrogens with one attached hydrogen (secondary N) is 2. The highest BCUT2D eigenvalue weighted by molar-refractivity contribution is 7.92. The van der Waals surface area contributed by atoms with E-state index in [0.717, 1.165) is 24.7 Å². The topological polar surface area (TPSA) is 129 Å². The molecule has 3 rings (SSSR count). The molecule has 1 aromatic carbocycles. The Kier molecular flexibility index (Phi) is 6.71. The molecule has 0 saturated heterocycles. The van der Waals surface area contributed by atoms with E-state index in [0.29, 0.717) is 35.0 Å². The Morgan fingerprint density at radius 2 is 1.97 bits per heavy atom. The van der Waals surface area contributed by atoms with Gasteiger partial charge in [-0.25, -0.2) is 8.42 Å². The van der Waals surface area contributed by atoms with E-state index in [-0.39, 0.29) is 13.0 Å². The van der Waals surface area contributed by atoms with Gasteiger partial charge in [0.15, 0.2) is 0 Å². The van der Waals surface area contributed by atoms with Crippen molar-refractivity contribution in [2.75, 3.05) is 29.0 Å². The first-order valence-electron chi connectivity index (χ1n) is 10.0. The molecule has 0 spiro atoms. The number of sulfonamides is 1. The van der Waals surface area contributed by atoms with E-state index < -0.39 is 27.9 Å². The van der Waals surface area contributed by atoms with Crippen molar-refractivity contribution in [2.45, 2.75) is 39.2 Å². The van der Waals surface area contributed by atoms with Crippen LogP contribution in [0.1, 0.15) is 41.6 Å². The highest BCUT2D eigenvalue weighted by Crippen LogP contribution is 2.31. The maximum atomic E-state index is 12.2. The van der Waals surface area contributed by atoms with Crippen LogP contribution in [0.3, 0.4) is 0 Å². The van der Waals surface area contributed by atoms with Gasteiger partial charge in [0.05, 0.1) is 18.0 Å². The number of hydrogen-bond acceptors (Lipinski definition) is 6. The number of fused-ring (bicyclic) bond motifs is 1. The molecule has 1 atom stereocenters. The highest BCUT2D eigenvalue weighted by atomic mass is 32.2. The van der Waals surface area contributed by atoms with Crippen LogP contribution in [0.25, 0.3) is 0 Å². The number of aliphatic hydroxyl groups is 1. The van der Waals surface area contributed by atoms with Gasteiger partial charge in [-0.05, 0) is 56.9 Å². The molecular formula is C21H27N3O6S. The van der Waals surface area contributed by atoms with Gasteiger partial charge >= 0.3 is 11.8 Å². The standard InChI is InChI=1S/C21H27N3O6S/c1-13-11-17(14(2)30-13)19(25)8-9-22-20(26)21(27)23-16-7-6-15-5-4-10-24(18(15)12-16)31(3,28)29/h6-7,11-12,19,25H,4-5,8-10H2,1-3H3,(H,22,26)(H,23,27)/t19-/m0/s1. The predicted molar refractivity (Wildman–Crippen MR) is 116 cm³/mol. The molecule has 0 fully saturated rings. The van der Waals surface area contributed by atoms with Gasteiger partial charge in [-0.2, -0.15) is 0 Å². The summed E-state index contributed by atoms with van der Waals surface area (Å²) in [4.78, 5) is 24.3. The lowest BCUT2D eigenvalue weighted by Crippen LogP contribution is -2.37. The zero-order chi connectivity index (χ0) is 22.8. The average Bonchev–Trinajstić information content (AvgIpc) is 3.04. The van der Waals surface area contributed by atoms with E-state index in [4.69, 9.17) is 4.42 Å². The number of benzene rings is 1. The largest absolute Gasteiger partial charge is 0.466 e. The highest BCUT2D eigenvalue weighted by Gasteiger charge is 2.25. The number of furan rings is 1. The lowest BCUT2D eigenvalue weighted by atomic mass is 10.0. The Bertz CT molecular complexity index is 1090.